The van der Waals surface area contributed by atoms with Crippen LogP contribution >= 0.6 is 37.2 Å². The van der Waals surface area contributed by atoms with Crippen LogP contribution < -0.4 is 13.3 Å². The summed E-state index contributed by atoms with van der Waals surface area (Å²) in [5.74, 6) is 0. The van der Waals surface area contributed by atoms with Gasteiger partial charge in [0.25, 0.3) is 0 Å². The second-order valence-corrected chi connectivity index (χ2v) is 19.0. The first-order valence-corrected chi connectivity index (χ1v) is 15.4. The minimum Gasteiger partial charge on any atom is -0.364 e. The van der Waals surface area contributed by atoms with E-state index in [1.54, 1.807) is 0 Å². The van der Waals surface area contributed by atoms with Crippen LogP contribution in [0.3, 0.4) is 0 Å². The molecule has 0 atom stereocenters. The molecule has 1 heterocycles. The molecular formula is C6H11I3NY2-3. The summed E-state index contributed by atoms with van der Waals surface area (Å²) in [5, 5.41) is 0. The Balaban J connectivity index is -0.000000146. The molecule has 0 aromatic heterocycles. The molecule has 6 heteroatoms. The second-order valence-electron chi connectivity index (χ2n) is 2.73. The summed E-state index contributed by atoms with van der Waals surface area (Å²) >= 11 is 5.30. The largest absolute Gasteiger partial charge is 0.364 e. The van der Waals surface area contributed by atoms with E-state index >= 15 is 0 Å². The van der Waals surface area contributed by atoms with E-state index in [0.29, 0.717) is 13.3 Å². The molecule has 0 amide bonds. The van der Waals surface area contributed by atoms with Crippen LogP contribution in [0.4, 0.5) is 0 Å². The average molecular weight is 656 g/mol. The third-order valence-electron chi connectivity index (χ3n) is 1.21. The molecule has 70 valence electrons. The van der Waals surface area contributed by atoms with Crippen LogP contribution in [0.2, 0.25) is 0 Å². The number of nitrogens with zero attached hydrogens (tertiary/aromatic N) is 1. The average Bonchev–Trinajstić information content (AvgIpc) is 1.61. The molecule has 1 nitrogen and oxygen atoms in total. The molecule has 0 N–H and O–H groups in total. The fraction of sp³-hybridized carbons (Fsp3) is 0.667. The molecule has 0 aromatic rings. The molecule has 1 rings (SSSR count). The normalized spacial score (nSPS) is 19.1. The van der Waals surface area contributed by atoms with Crippen molar-refractivity contribution >= 4 is 37.2 Å². The zero-order valence-electron chi connectivity index (χ0n) is 7.06. The number of hydrogen-bond donors (Lipinski definition) is 0. The van der Waals surface area contributed by atoms with E-state index in [4.69, 9.17) is 0 Å². The molecular weight excluding hydrogens is 645 g/mol. The number of likely N-dealkylation sites (tertiary alicyclic amines) is 1. The Hall–Kier alpha value is 4.36. The minimum atomic E-state index is 0. The van der Waals surface area contributed by atoms with Gasteiger partial charge in [-0.3, -0.25) is 5.41 Å². The van der Waals surface area contributed by atoms with Crippen molar-refractivity contribution in [3.63, 3.8) is 0 Å². The molecule has 0 aromatic carbocycles. The van der Waals surface area contributed by atoms with Crippen LogP contribution in [-0.2, 0) is 65.4 Å². The molecule has 0 spiro atoms. The van der Waals surface area contributed by atoms with Gasteiger partial charge in [0.15, 0.2) is 0 Å². The molecule has 1 fully saturated rings. The monoisotopic (exact) mass is 656 g/mol. The van der Waals surface area contributed by atoms with Crippen molar-refractivity contribution in [3.05, 3.63) is 13.8 Å². The Morgan fingerprint density at radius 1 is 1.25 bits per heavy atom. The van der Waals surface area contributed by atoms with Gasteiger partial charge in [-0.25, -0.2) is 0 Å². The summed E-state index contributed by atoms with van der Waals surface area (Å²) in [6, 6.07) is 0. The summed E-state index contributed by atoms with van der Waals surface area (Å²) in [7, 11) is 2.08. The first-order chi connectivity index (χ1) is 4.52. The van der Waals surface area contributed by atoms with Crippen molar-refractivity contribution in [1.82, 2.24) is 4.90 Å². The second kappa shape index (κ2) is 11.8. The van der Waals surface area contributed by atoms with E-state index in [0.717, 1.165) is 13.1 Å². The van der Waals surface area contributed by atoms with Crippen LogP contribution in [0, 0.1) is 19.3 Å². The molecule has 1 aliphatic heterocycles. The summed E-state index contributed by atoms with van der Waals surface area (Å²) in [6.45, 7) is 9.84. The van der Waals surface area contributed by atoms with Gasteiger partial charge in [-0.05, 0) is 20.1 Å². The summed E-state index contributed by atoms with van der Waals surface area (Å²) in [6.07, 6.45) is 0. The molecule has 0 bridgehead atoms. The number of hydrogen-bond acceptors (Lipinski definition) is 1. The van der Waals surface area contributed by atoms with Gasteiger partial charge < -0.3 is 18.7 Å². The first kappa shape index (κ1) is 21.6. The van der Waals surface area contributed by atoms with E-state index in [9.17, 15) is 0 Å². The van der Waals surface area contributed by atoms with E-state index < -0.39 is 0 Å². The predicted octanol–water partition coefficient (Wildman–Crippen LogP) is -0.643. The van der Waals surface area contributed by atoms with Gasteiger partial charge in [-0.2, -0.15) is 0 Å². The maximum absolute atomic E-state index is 3.87. The SMILES string of the molecule is I[I-]I.[CH2-]C1([CH2-])CN(C)C1.[Y].[Y]. The summed E-state index contributed by atoms with van der Waals surface area (Å²) in [4.78, 5) is 2.21. The van der Waals surface area contributed by atoms with Gasteiger partial charge in [-0.15, -0.1) is 0 Å². The van der Waals surface area contributed by atoms with E-state index in [-0.39, 0.29) is 70.8 Å². The Morgan fingerprint density at radius 3 is 1.50 bits per heavy atom. The Bertz CT molecular complexity index is 94.8. The number of rotatable bonds is 0. The topological polar surface area (TPSA) is 3.24 Å². The van der Waals surface area contributed by atoms with Crippen molar-refractivity contribution in [2.24, 2.45) is 5.41 Å². The zero-order chi connectivity index (χ0) is 8.20. The fourth-order valence-corrected chi connectivity index (χ4v) is 1.10. The molecule has 1 saturated heterocycles. The van der Waals surface area contributed by atoms with Gasteiger partial charge in [-0.1, -0.05) is 0 Å². The minimum absolute atomic E-state index is 0. The molecule has 0 unspecified atom stereocenters. The van der Waals surface area contributed by atoms with Gasteiger partial charge in [0.2, 0.25) is 0 Å². The van der Waals surface area contributed by atoms with E-state index in [1.807, 2.05) is 0 Å². The van der Waals surface area contributed by atoms with Crippen molar-refractivity contribution in [3.8, 4) is 0 Å². The van der Waals surface area contributed by atoms with Crippen molar-refractivity contribution in [1.29, 1.82) is 0 Å². The zero-order valence-corrected chi connectivity index (χ0v) is 19.2. The van der Waals surface area contributed by atoms with Crippen LogP contribution in [0.1, 0.15) is 0 Å². The standard InChI is InChI=1S/C6H11N.I3.2Y/c1-6(2)4-7(3)5-6;1-3-2;;/h1-2,4-5H2,3H3;;;/q-2;-1;;. The molecule has 2 radical (unpaired) electrons. The van der Waals surface area contributed by atoms with Gasteiger partial charge in [0.05, 0.1) is 0 Å². The van der Waals surface area contributed by atoms with Crippen LogP contribution in [0.25, 0.3) is 0 Å². The van der Waals surface area contributed by atoms with Crippen molar-refractivity contribution in [2.45, 2.75) is 0 Å². The summed E-state index contributed by atoms with van der Waals surface area (Å²) in [5.41, 5.74) is 0.120. The third kappa shape index (κ3) is 12.4. The molecule has 12 heavy (non-hydrogen) atoms. The fourth-order valence-electron chi connectivity index (χ4n) is 1.10. The third-order valence-corrected chi connectivity index (χ3v) is 1.21. The Morgan fingerprint density at radius 2 is 1.50 bits per heavy atom. The van der Waals surface area contributed by atoms with Crippen molar-refractivity contribution < 1.29 is 78.7 Å². The van der Waals surface area contributed by atoms with Crippen LogP contribution in [0.5, 0.6) is 0 Å². The van der Waals surface area contributed by atoms with E-state index in [1.165, 1.54) is 0 Å². The Kier molecular flexibility index (Phi) is 21.3. The first-order valence-electron chi connectivity index (χ1n) is 2.78. The van der Waals surface area contributed by atoms with Gasteiger partial charge in [0.1, 0.15) is 0 Å². The number of halogens is 3. The maximum Gasteiger partial charge on any atom is 0 e. The smallest absolute Gasteiger partial charge is 0 e. The van der Waals surface area contributed by atoms with Gasteiger partial charge >= 0.3 is 50.5 Å². The maximum atomic E-state index is 3.87. The quantitative estimate of drug-likeness (QED) is 0.248. The van der Waals surface area contributed by atoms with Crippen LogP contribution in [0.15, 0.2) is 0 Å². The predicted molar refractivity (Wildman–Crippen MR) is 58.7 cm³/mol. The van der Waals surface area contributed by atoms with Gasteiger partial charge in [0, 0.05) is 65.4 Å². The van der Waals surface area contributed by atoms with E-state index in [2.05, 4.69) is 63.0 Å². The molecule has 0 saturated carbocycles. The molecule has 0 aliphatic carbocycles. The molecule has 1 aliphatic rings. The Labute approximate surface area is 156 Å². The van der Waals surface area contributed by atoms with Crippen LogP contribution in [-0.4, -0.2) is 25.0 Å². The summed E-state index contributed by atoms with van der Waals surface area (Å²) < 4.78 is 0. The van der Waals surface area contributed by atoms with Crippen molar-refractivity contribution in [2.75, 3.05) is 20.1 Å².